The van der Waals surface area contributed by atoms with Gasteiger partial charge in [-0.2, -0.15) is 5.10 Å². The molecule has 0 aliphatic carbocycles. The number of nitrogens with zero attached hydrogens (tertiary/aromatic N) is 2. The molecule has 0 aromatic carbocycles. The Balaban J connectivity index is 2.40. The summed E-state index contributed by atoms with van der Waals surface area (Å²) in [6.45, 7) is 4.32. The molecule has 1 aromatic rings. The van der Waals surface area contributed by atoms with Crippen LogP contribution in [-0.2, 0) is 11.2 Å². The van der Waals surface area contributed by atoms with Crippen LogP contribution in [0.1, 0.15) is 19.7 Å². The highest BCUT2D eigenvalue weighted by atomic mass is 32.1. The van der Waals surface area contributed by atoms with E-state index in [-0.39, 0.29) is 16.8 Å². The van der Waals surface area contributed by atoms with Crippen LogP contribution in [0.4, 0.5) is 0 Å². The highest BCUT2D eigenvalue weighted by Gasteiger charge is 2.24. The quantitative estimate of drug-likeness (QED) is 0.623. The molecule has 17 heavy (non-hydrogen) atoms. The van der Waals surface area contributed by atoms with Gasteiger partial charge in [-0.05, 0) is 5.92 Å². The lowest BCUT2D eigenvalue weighted by molar-refractivity contribution is -0.123. The lowest BCUT2D eigenvalue weighted by Crippen LogP contribution is -2.41. The Labute approximate surface area is 105 Å². The van der Waals surface area contributed by atoms with Crippen molar-refractivity contribution in [1.82, 2.24) is 20.5 Å². The van der Waals surface area contributed by atoms with E-state index in [4.69, 9.17) is 18.0 Å². The van der Waals surface area contributed by atoms with Crippen LogP contribution in [0.2, 0.25) is 0 Å². The monoisotopic (exact) mass is 255 g/mol. The molecular formula is C10H17N5OS. The van der Waals surface area contributed by atoms with Gasteiger partial charge in [0.2, 0.25) is 5.91 Å². The number of aromatic amines is 1. The molecule has 0 saturated carbocycles. The van der Waals surface area contributed by atoms with Gasteiger partial charge in [0, 0.05) is 13.0 Å². The molecule has 1 aromatic heterocycles. The fraction of sp³-hybridized carbons (Fsp3) is 0.600. The van der Waals surface area contributed by atoms with Crippen molar-refractivity contribution in [3.63, 3.8) is 0 Å². The third-order valence-corrected chi connectivity index (χ3v) is 2.64. The zero-order chi connectivity index (χ0) is 12.8. The van der Waals surface area contributed by atoms with Crippen molar-refractivity contribution < 1.29 is 4.79 Å². The summed E-state index contributed by atoms with van der Waals surface area (Å²) in [5.41, 5.74) is 5.55. The maximum absolute atomic E-state index is 11.8. The Bertz CT molecular complexity index is 376. The van der Waals surface area contributed by atoms with Crippen molar-refractivity contribution >= 4 is 23.1 Å². The molecule has 4 N–H and O–H groups in total. The average Bonchev–Trinajstić information content (AvgIpc) is 2.69. The van der Waals surface area contributed by atoms with E-state index < -0.39 is 5.92 Å². The van der Waals surface area contributed by atoms with Gasteiger partial charge in [0.05, 0.1) is 10.9 Å². The first kappa shape index (κ1) is 13.6. The zero-order valence-electron chi connectivity index (χ0n) is 9.93. The van der Waals surface area contributed by atoms with Gasteiger partial charge in [0.25, 0.3) is 0 Å². The summed E-state index contributed by atoms with van der Waals surface area (Å²) in [5, 5.41) is 9.23. The van der Waals surface area contributed by atoms with E-state index in [2.05, 4.69) is 20.5 Å². The Hall–Kier alpha value is -1.50. The van der Waals surface area contributed by atoms with Crippen molar-refractivity contribution in [2.45, 2.75) is 20.3 Å². The third-order valence-electron chi connectivity index (χ3n) is 2.38. The standard InChI is InChI=1S/C10H17N5OS/c1-6(2)8(9(11)17)10(16)12-4-3-7-13-5-14-15-7/h5-6,8H,3-4H2,1-2H3,(H2,11,17)(H,12,16)(H,13,14,15). The maximum Gasteiger partial charge on any atom is 0.230 e. The predicted octanol–water partition coefficient (Wildman–Crippen LogP) is 0.0217. The number of hydrogen-bond donors (Lipinski definition) is 3. The van der Waals surface area contributed by atoms with Gasteiger partial charge in [0.1, 0.15) is 12.2 Å². The van der Waals surface area contributed by atoms with E-state index in [0.29, 0.717) is 13.0 Å². The summed E-state index contributed by atoms with van der Waals surface area (Å²) in [6, 6.07) is 0. The van der Waals surface area contributed by atoms with Crippen molar-refractivity contribution in [3.05, 3.63) is 12.2 Å². The topological polar surface area (TPSA) is 96.7 Å². The first-order chi connectivity index (χ1) is 8.02. The minimum atomic E-state index is -0.417. The predicted molar refractivity (Wildman–Crippen MR) is 68.2 cm³/mol. The third kappa shape index (κ3) is 4.10. The number of thiocarbonyl (C=S) groups is 1. The van der Waals surface area contributed by atoms with E-state index in [0.717, 1.165) is 5.82 Å². The minimum absolute atomic E-state index is 0.0952. The number of carbonyl (C=O) groups excluding carboxylic acids is 1. The molecule has 1 heterocycles. The van der Waals surface area contributed by atoms with E-state index in [9.17, 15) is 4.79 Å². The molecular weight excluding hydrogens is 238 g/mol. The molecule has 0 aliphatic heterocycles. The average molecular weight is 255 g/mol. The van der Waals surface area contributed by atoms with Crippen LogP contribution in [0.25, 0.3) is 0 Å². The number of carbonyl (C=O) groups is 1. The van der Waals surface area contributed by atoms with Gasteiger partial charge in [-0.1, -0.05) is 26.1 Å². The Kier molecular flexibility index (Phi) is 5.02. The molecule has 94 valence electrons. The van der Waals surface area contributed by atoms with E-state index in [1.807, 2.05) is 13.8 Å². The van der Waals surface area contributed by atoms with Crippen LogP contribution in [-0.4, -0.2) is 32.6 Å². The first-order valence-electron chi connectivity index (χ1n) is 5.43. The fourth-order valence-electron chi connectivity index (χ4n) is 1.53. The number of rotatable bonds is 6. The van der Waals surface area contributed by atoms with Crippen molar-refractivity contribution in [3.8, 4) is 0 Å². The second kappa shape index (κ2) is 6.29. The molecule has 7 heteroatoms. The Morgan fingerprint density at radius 2 is 2.35 bits per heavy atom. The summed E-state index contributed by atoms with van der Waals surface area (Å²) in [7, 11) is 0. The summed E-state index contributed by atoms with van der Waals surface area (Å²) in [4.78, 5) is 16.0. The molecule has 0 fully saturated rings. The Morgan fingerprint density at radius 3 is 2.82 bits per heavy atom. The smallest absolute Gasteiger partial charge is 0.230 e. The van der Waals surface area contributed by atoms with Crippen molar-refractivity contribution in [1.29, 1.82) is 0 Å². The molecule has 0 saturated heterocycles. The highest BCUT2D eigenvalue weighted by molar-refractivity contribution is 7.80. The van der Waals surface area contributed by atoms with Crippen LogP contribution in [0.15, 0.2) is 6.33 Å². The number of nitrogens with two attached hydrogens (primary N) is 1. The lowest BCUT2D eigenvalue weighted by atomic mass is 9.95. The van der Waals surface area contributed by atoms with Crippen molar-refractivity contribution in [2.24, 2.45) is 17.6 Å². The Morgan fingerprint density at radius 1 is 1.65 bits per heavy atom. The van der Waals surface area contributed by atoms with E-state index in [1.54, 1.807) is 0 Å². The normalized spacial score (nSPS) is 12.4. The van der Waals surface area contributed by atoms with Crippen LogP contribution >= 0.6 is 12.2 Å². The summed E-state index contributed by atoms with van der Waals surface area (Å²) < 4.78 is 0. The van der Waals surface area contributed by atoms with Crippen LogP contribution in [0.5, 0.6) is 0 Å². The largest absolute Gasteiger partial charge is 0.393 e. The SMILES string of the molecule is CC(C)C(C(=O)NCCc1ncn[nH]1)C(N)=S. The molecule has 6 nitrogen and oxygen atoms in total. The second-order valence-electron chi connectivity index (χ2n) is 4.10. The number of H-pyrrole nitrogens is 1. The van der Waals surface area contributed by atoms with E-state index >= 15 is 0 Å². The molecule has 0 aliphatic rings. The molecule has 0 radical (unpaired) electrons. The molecule has 1 atom stereocenters. The van der Waals surface area contributed by atoms with Crippen LogP contribution in [0, 0.1) is 11.8 Å². The second-order valence-corrected chi connectivity index (χ2v) is 4.57. The first-order valence-corrected chi connectivity index (χ1v) is 5.84. The lowest BCUT2D eigenvalue weighted by Gasteiger charge is -2.18. The van der Waals surface area contributed by atoms with E-state index in [1.165, 1.54) is 6.33 Å². The molecule has 1 unspecified atom stereocenters. The summed E-state index contributed by atoms with van der Waals surface area (Å²) in [6.07, 6.45) is 2.04. The van der Waals surface area contributed by atoms with Crippen LogP contribution < -0.4 is 11.1 Å². The van der Waals surface area contributed by atoms with Gasteiger partial charge in [0.15, 0.2) is 0 Å². The number of aromatic nitrogens is 3. The molecule has 1 rings (SSSR count). The van der Waals surface area contributed by atoms with Gasteiger partial charge in [-0.25, -0.2) is 4.98 Å². The van der Waals surface area contributed by atoms with Gasteiger partial charge < -0.3 is 11.1 Å². The number of amides is 1. The van der Waals surface area contributed by atoms with Gasteiger partial charge in [-0.15, -0.1) is 0 Å². The minimum Gasteiger partial charge on any atom is -0.393 e. The number of nitrogens with one attached hydrogen (secondary N) is 2. The molecule has 0 bridgehead atoms. The van der Waals surface area contributed by atoms with Crippen LogP contribution in [0.3, 0.4) is 0 Å². The maximum atomic E-state index is 11.8. The zero-order valence-corrected chi connectivity index (χ0v) is 10.8. The molecule has 1 amide bonds. The summed E-state index contributed by atoms with van der Waals surface area (Å²) in [5.74, 6) is 0.284. The van der Waals surface area contributed by atoms with Gasteiger partial charge in [-0.3, -0.25) is 9.89 Å². The summed E-state index contributed by atoms with van der Waals surface area (Å²) >= 11 is 4.89. The fourth-order valence-corrected chi connectivity index (χ4v) is 1.91. The number of hydrogen-bond acceptors (Lipinski definition) is 4. The highest BCUT2D eigenvalue weighted by Crippen LogP contribution is 2.11. The van der Waals surface area contributed by atoms with Crippen molar-refractivity contribution in [2.75, 3.05) is 6.54 Å². The van der Waals surface area contributed by atoms with Gasteiger partial charge >= 0.3 is 0 Å². The molecule has 0 spiro atoms.